The lowest BCUT2D eigenvalue weighted by molar-refractivity contribution is 0.281. The van der Waals surface area contributed by atoms with Gasteiger partial charge in [-0.1, -0.05) is 25.1 Å². The largest absolute Gasteiger partial charge is 0.303 e. The number of nitrogens with zero attached hydrogens (tertiary/aromatic N) is 2. The summed E-state index contributed by atoms with van der Waals surface area (Å²) in [6, 6.07) is 11.8. The van der Waals surface area contributed by atoms with E-state index in [0.29, 0.717) is 18.0 Å². The predicted octanol–water partition coefficient (Wildman–Crippen LogP) is 2.77. The van der Waals surface area contributed by atoms with Crippen molar-refractivity contribution < 1.29 is 0 Å². The average molecular weight is 204 g/mol. The van der Waals surface area contributed by atoms with E-state index in [4.69, 9.17) is 0 Å². The van der Waals surface area contributed by atoms with Crippen molar-refractivity contribution in [2.45, 2.75) is 32.9 Å². The van der Waals surface area contributed by atoms with Gasteiger partial charge in [0.15, 0.2) is 0 Å². The molecule has 1 saturated heterocycles. The van der Waals surface area contributed by atoms with E-state index in [2.05, 4.69) is 68.2 Å². The first kappa shape index (κ1) is 10.5. The lowest BCUT2D eigenvalue weighted by Gasteiger charge is -2.31. The zero-order chi connectivity index (χ0) is 11.0. The molecule has 2 heteroatoms. The first-order valence-electron chi connectivity index (χ1n) is 5.70. The minimum Gasteiger partial charge on any atom is -0.303 e. The predicted molar refractivity (Wildman–Crippen MR) is 64.8 cm³/mol. The normalized spacial score (nSPS) is 32.3. The smallest absolute Gasteiger partial charge is 0.0525 e. The fourth-order valence-corrected chi connectivity index (χ4v) is 2.45. The van der Waals surface area contributed by atoms with Gasteiger partial charge in [-0.15, -0.1) is 0 Å². The summed E-state index contributed by atoms with van der Waals surface area (Å²) < 4.78 is 0. The molecule has 3 atom stereocenters. The molecule has 0 N–H and O–H groups in total. The summed E-state index contributed by atoms with van der Waals surface area (Å²) in [4.78, 5) is 0. The molecule has 1 aliphatic rings. The van der Waals surface area contributed by atoms with Gasteiger partial charge in [0.2, 0.25) is 0 Å². The third-order valence-corrected chi connectivity index (χ3v) is 3.86. The molecule has 0 amide bonds. The van der Waals surface area contributed by atoms with Crippen molar-refractivity contribution in [2.24, 2.45) is 5.92 Å². The third-order valence-electron chi connectivity index (χ3n) is 3.86. The SMILES string of the molecule is CC1C(C)N(C)N(c2ccccc2)C1C. The van der Waals surface area contributed by atoms with Crippen LogP contribution in [0.15, 0.2) is 30.3 Å². The van der Waals surface area contributed by atoms with Crippen LogP contribution in [0.5, 0.6) is 0 Å². The van der Waals surface area contributed by atoms with Crippen molar-refractivity contribution in [3.8, 4) is 0 Å². The van der Waals surface area contributed by atoms with E-state index < -0.39 is 0 Å². The van der Waals surface area contributed by atoms with Gasteiger partial charge in [-0.05, 0) is 31.9 Å². The molecule has 0 radical (unpaired) electrons. The maximum Gasteiger partial charge on any atom is 0.0525 e. The zero-order valence-electron chi connectivity index (χ0n) is 10.0. The summed E-state index contributed by atoms with van der Waals surface area (Å²) in [6.07, 6.45) is 0. The zero-order valence-corrected chi connectivity index (χ0v) is 10.0. The van der Waals surface area contributed by atoms with Gasteiger partial charge in [0.1, 0.15) is 0 Å². The first-order chi connectivity index (χ1) is 7.13. The summed E-state index contributed by atoms with van der Waals surface area (Å²) in [5, 5.41) is 4.75. The minimum absolute atomic E-state index is 0.576. The highest BCUT2D eigenvalue weighted by molar-refractivity contribution is 5.47. The van der Waals surface area contributed by atoms with Gasteiger partial charge in [0, 0.05) is 19.1 Å². The second-order valence-corrected chi connectivity index (χ2v) is 4.59. The van der Waals surface area contributed by atoms with E-state index in [1.54, 1.807) is 0 Å². The highest BCUT2D eigenvalue weighted by Gasteiger charge is 2.38. The number of hydrogen-bond acceptors (Lipinski definition) is 2. The Balaban J connectivity index is 2.30. The van der Waals surface area contributed by atoms with E-state index >= 15 is 0 Å². The first-order valence-corrected chi connectivity index (χ1v) is 5.70. The summed E-state index contributed by atoms with van der Waals surface area (Å²) in [7, 11) is 2.18. The highest BCUT2D eigenvalue weighted by atomic mass is 15.7. The number of para-hydroxylation sites is 1. The Labute approximate surface area is 92.5 Å². The van der Waals surface area contributed by atoms with Crippen molar-refractivity contribution in [1.82, 2.24) is 5.01 Å². The standard InChI is InChI=1S/C13H20N2/c1-10-11(2)14(4)15(12(10)3)13-8-6-5-7-9-13/h5-12H,1-4H3. The number of rotatable bonds is 1. The van der Waals surface area contributed by atoms with Crippen LogP contribution in [0.2, 0.25) is 0 Å². The van der Waals surface area contributed by atoms with Crippen LogP contribution >= 0.6 is 0 Å². The van der Waals surface area contributed by atoms with Crippen LogP contribution in [-0.4, -0.2) is 24.1 Å². The topological polar surface area (TPSA) is 6.48 Å². The van der Waals surface area contributed by atoms with Crippen molar-refractivity contribution >= 4 is 5.69 Å². The van der Waals surface area contributed by atoms with Crippen LogP contribution in [-0.2, 0) is 0 Å². The van der Waals surface area contributed by atoms with E-state index in [1.807, 2.05) is 0 Å². The third kappa shape index (κ3) is 1.63. The van der Waals surface area contributed by atoms with Gasteiger partial charge < -0.3 is 5.01 Å². The second kappa shape index (κ2) is 3.86. The Hall–Kier alpha value is -1.02. The van der Waals surface area contributed by atoms with Crippen LogP contribution in [0, 0.1) is 5.92 Å². The molecule has 0 bridgehead atoms. The van der Waals surface area contributed by atoms with Crippen molar-refractivity contribution in [3.05, 3.63) is 30.3 Å². The lowest BCUT2D eigenvalue weighted by Crippen LogP contribution is -2.39. The molecule has 2 nitrogen and oxygen atoms in total. The van der Waals surface area contributed by atoms with Crippen LogP contribution in [0.25, 0.3) is 0 Å². The maximum atomic E-state index is 2.40. The van der Waals surface area contributed by atoms with Crippen LogP contribution < -0.4 is 5.01 Å². The highest BCUT2D eigenvalue weighted by Crippen LogP contribution is 2.32. The average Bonchev–Trinajstić information content (AvgIpc) is 2.45. The monoisotopic (exact) mass is 204 g/mol. The van der Waals surface area contributed by atoms with E-state index in [-0.39, 0.29) is 0 Å². The van der Waals surface area contributed by atoms with E-state index in [1.165, 1.54) is 5.69 Å². The molecule has 2 rings (SSSR count). The van der Waals surface area contributed by atoms with Gasteiger partial charge in [-0.2, -0.15) is 0 Å². The van der Waals surface area contributed by atoms with E-state index in [9.17, 15) is 0 Å². The van der Waals surface area contributed by atoms with Crippen molar-refractivity contribution in [2.75, 3.05) is 12.1 Å². The fraction of sp³-hybridized carbons (Fsp3) is 0.538. The van der Waals surface area contributed by atoms with Gasteiger partial charge in [0.25, 0.3) is 0 Å². The summed E-state index contributed by atoms with van der Waals surface area (Å²) >= 11 is 0. The number of hydrazine groups is 1. The number of benzene rings is 1. The number of anilines is 1. The Morgan fingerprint density at radius 1 is 0.933 bits per heavy atom. The maximum absolute atomic E-state index is 2.40. The molecule has 1 aliphatic heterocycles. The quantitative estimate of drug-likeness (QED) is 0.694. The van der Waals surface area contributed by atoms with Crippen LogP contribution in [0.3, 0.4) is 0 Å². The van der Waals surface area contributed by atoms with Crippen molar-refractivity contribution in [1.29, 1.82) is 0 Å². The Kier molecular flexibility index (Phi) is 2.70. The molecular weight excluding hydrogens is 184 g/mol. The Bertz CT molecular complexity index is 309. The van der Waals surface area contributed by atoms with E-state index in [0.717, 1.165) is 0 Å². The molecule has 1 fully saturated rings. The lowest BCUT2D eigenvalue weighted by atomic mass is 9.98. The molecule has 0 aliphatic carbocycles. The molecule has 82 valence electrons. The Morgan fingerprint density at radius 3 is 2.00 bits per heavy atom. The van der Waals surface area contributed by atoms with Crippen molar-refractivity contribution in [3.63, 3.8) is 0 Å². The Morgan fingerprint density at radius 2 is 1.53 bits per heavy atom. The van der Waals surface area contributed by atoms with Gasteiger partial charge in [0.05, 0.1) is 5.69 Å². The molecule has 0 aromatic heterocycles. The molecule has 0 saturated carbocycles. The molecule has 1 aromatic rings. The summed E-state index contributed by atoms with van der Waals surface area (Å²) in [5.74, 6) is 0.704. The fourth-order valence-electron chi connectivity index (χ4n) is 2.45. The second-order valence-electron chi connectivity index (χ2n) is 4.59. The molecule has 3 unspecified atom stereocenters. The summed E-state index contributed by atoms with van der Waals surface area (Å²) in [5.41, 5.74) is 1.30. The van der Waals surface area contributed by atoms with Gasteiger partial charge in [-0.25, -0.2) is 5.01 Å². The van der Waals surface area contributed by atoms with Crippen LogP contribution in [0.4, 0.5) is 5.69 Å². The number of hydrogen-bond donors (Lipinski definition) is 0. The summed E-state index contributed by atoms with van der Waals surface area (Å²) in [6.45, 7) is 6.93. The molecule has 1 aromatic carbocycles. The molecule has 0 spiro atoms. The molecular formula is C13H20N2. The van der Waals surface area contributed by atoms with Crippen LogP contribution in [0.1, 0.15) is 20.8 Å². The minimum atomic E-state index is 0.576. The molecule has 1 heterocycles. The van der Waals surface area contributed by atoms with Gasteiger partial charge in [-0.3, -0.25) is 0 Å². The van der Waals surface area contributed by atoms with Gasteiger partial charge >= 0.3 is 0 Å². The molecule has 15 heavy (non-hydrogen) atoms.